The number of pyridine rings is 1. The number of carbonyl (C=O) groups excluding carboxylic acids is 2. The van der Waals surface area contributed by atoms with E-state index in [-0.39, 0.29) is 34.6 Å². The van der Waals surface area contributed by atoms with E-state index in [1.54, 1.807) is 24.4 Å². The molecular formula is C23H23FN4O5S2. The number of aliphatic carboxylic acids is 1. The Morgan fingerprint density at radius 2 is 1.94 bits per heavy atom. The van der Waals surface area contributed by atoms with Gasteiger partial charge in [0.05, 0.1) is 28.6 Å². The highest BCUT2D eigenvalue weighted by atomic mass is 32.2. The van der Waals surface area contributed by atoms with E-state index < -0.39 is 30.0 Å². The molecule has 35 heavy (non-hydrogen) atoms. The molecule has 2 aromatic heterocycles. The summed E-state index contributed by atoms with van der Waals surface area (Å²) in [5.74, 6) is -2.49. The molecule has 3 aromatic rings. The third-order valence-electron chi connectivity index (χ3n) is 4.17. The van der Waals surface area contributed by atoms with Crippen LogP contribution in [-0.2, 0) is 20.8 Å². The molecule has 0 unspecified atom stereocenters. The van der Waals surface area contributed by atoms with E-state index in [4.69, 9.17) is 4.74 Å². The number of aromatic nitrogens is 2. The monoisotopic (exact) mass is 518 g/mol. The fourth-order valence-corrected chi connectivity index (χ4v) is 4.78. The molecule has 12 heteroatoms. The maximum absolute atomic E-state index is 13.6. The van der Waals surface area contributed by atoms with Crippen molar-refractivity contribution in [3.8, 4) is 5.75 Å². The highest BCUT2D eigenvalue weighted by molar-refractivity contribution is 8.01. The second-order valence-corrected chi connectivity index (χ2v) is 10.0. The molecule has 0 radical (unpaired) electrons. The third kappa shape index (κ3) is 8.34. The zero-order valence-electron chi connectivity index (χ0n) is 18.9. The predicted octanol–water partition coefficient (Wildman–Crippen LogP) is 4.46. The molecule has 0 spiro atoms. The van der Waals surface area contributed by atoms with Crippen molar-refractivity contribution in [3.63, 3.8) is 0 Å². The number of nitrogens with zero attached hydrogens (tertiary/aromatic N) is 2. The van der Waals surface area contributed by atoms with Crippen molar-refractivity contribution in [1.29, 1.82) is 0 Å². The molecule has 9 nitrogen and oxygen atoms in total. The zero-order valence-corrected chi connectivity index (χ0v) is 20.5. The summed E-state index contributed by atoms with van der Waals surface area (Å²) in [4.78, 5) is 44.5. The van der Waals surface area contributed by atoms with Gasteiger partial charge in [0.2, 0.25) is 11.8 Å². The van der Waals surface area contributed by atoms with Gasteiger partial charge in [-0.15, -0.1) is 0 Å². The first-order valence-electron chi connectivity index (χ1n) is 10.5. The van der Waals surface area contributed by atoms with Crippen molar-refractivity contribution in [1.82, 2.24) is 9.97 Å². The Balaban J connectivity index is 1.65. The first kappa shape index (κ1) is 26.1. The summed E-state index contributed by atoms with van der Waals surface area (Å²) >= 11 is 2.33. The molecule has 0 aliphatic rings. The summed E-state index contributed by atoms with van der Waals surface area (Å²) in [5, 5.41) is 15.1. The van der Waals surface area contributed by atoms with Gasteiger partial charge in [-0.05, 0) is 30.2 Å². The smallest absolute Gasteiger partial charge is 0.309 e. The van der Waals surface area contributed by atoms with Gasteiger partial charge in [-0.2, -0.15) is 0 Å². The summed E-state index contributed by atoms with van der Waals surface area (Å²) in [6.45, 7) is 4.19. The molecule has 0 fully saturated rings. The Morgan fingerprint density at radius 3 is 2.63 bits per heavy atom. The minimum Gasteiger partial charge on any atom is -0.491 e. The fraction of sp³-hybridized carbons (Fsp3) is 0.261. The van der Waals surface area contributed by atoms with Crippen LogP contribution in [0.3, 0.4) is 0 Å². The zero-order chi connectivity index (χ0) is 25.4. The van der Waals surface area contributed by atoms with Gasteiger partial charge in [0.15, 0.2) is 5.13 Å². The minimum atomic E-state index is -1.06. The van der Waals surface area contributed by atoms with Crippen LogP contribution >= 0.6 is 23.1 Å². The molecule has 2 heterocycles. The molecule has 0 saturated heterocycles. The number of halogens is 1. The Labute approximate surface area is 209 Å². The van der Waals surface area contributed by atoms with Gasteiger partial charge >= 0.3 is 5.97 Å². The van der Waals surface area contributed by atoms with E-state index in [1.807, 2.05) is 13.8 Å². The van der Waals surface area contributed by atoms with Gasteiger partial charge in [-0.1, -0.05) is 43.0 Å². The lowest BCUT2D eigenvalue weighted by Gasteiger charge is -2.14. The van der Waals surface area contributed by atoms with Crippen LogP contribution < -0.4 is 15.4 Å². The number of hydrogen-bond donors (Lipinski definition) is 3. The molecule has 3 rings (SSSR count). The largest absolute Gasteiger partial charge is 0.491 e. The maximum Gasteiger partial charge on any atom is 0.309 e. The molecule has 0 saturated carbocycles. The van der Waals surface area contributed by atoms with E-state index >= 15 is 0 Å². The number of nitrogens with one attached hydrogen (secondary N) is 2. The molecule has 1 aromatic carbocycles. The van der Waals surface area contributed by atoms with Crippen LogP contribution in [0.2, 0.25) is 0 Å². The number of carboxylic acids is 1. The number of thiazole rings is 1. The van der Waals surface area contributed by atoms with Crippen LogP contribution in [0.1, 0.15) is 26.0 Å². The Hall–Kier alpha value is -3.51. The van der Waals surface area contributed by atoms with Crippen LogP contribution in [0.25, 0.3) is 0 Å². The molecule has 184 valence electrons. The number of rotatable bonds is 11. The summed E-state index contributed by atoms with van der Waals surface area (Å²) < 4.78 is 19.7. The van der Waals surface area contributed by atoms with Gasteiger partial charge in [0, 0.05) is 12.3 Å². The lowest BCUT2D eigenvalue weighted by Crippen LogP contribution is -2.22. The van der Waals surface area contributed by atoms with Crippen LogP contribution in [0.5, 0.6) is 5.75 Å². The topological polar surface area (TPSA) is 131 Å². The van der Waals surface area contributed by atoms with Crippen LogP contribution in [0.4, 0.5) is 15.2 Å². The number of carbonyl (C=O) groups is 3. The van der Waals surface area contributed by atoms with Crippen LogP contribution in [-0.4, -0.2) is 39.5 Å². The van der Waals surface area contributed by atoms with Gasteiger partial charge in [-0.3, -0.25) is 14.4 Å². The Kier molecular flexibility index (Phi) is 9.15. The summed E-state index contributed by atoms with van der Waals surface area (Å²) in [7, 11) is 0. The van der Waals surface area contributed by atoms with Crippen molar-refractivity contribution < 1.29 is 28.6 Å². The van der Waals surface area contributed by atoms with E-state index in [9.17, 15) is 23.9 Å². The van der Waals surface area contributed by atoms with Crippen molar-refractivity contribution in [2.24, 2.45) is 5.92 Å². The number of ether oxygens (including phenoxy) is 1. The van der Waals surface area contributed by atoms with Crippen LogP contribution in [0.15, 0.2) is 51.8 Å². The normalized spacial score (nSPS) is 10.7. The van der Waals surface area contributed by atoms with E-state index in [1.165, 1.54) is 30.0 Å². The van der Waals surface area contributed by atoms with Crippen LogP contribution in [0, 0.1) is 11.7 Å². The molecular weight excluding hydrogens is 495 g/mol. The second-order valence-electron chi connectivity index (χ2n) is 7.71. The number of hydrogen-bond acceptors (Lipinski definition) is 8. The van der Waals surface area contributed by atoms with Gasteiger partial charge in [-0.25, -0.2) is 14.4 Å². The number of amides is 2. The SMILES string of the molecule is CC(C)COc1cc(F)ccc1NC(=O)CC(=O)Nc1nc(CC(=O)O)c(Sc2ccccn2)s1. The van der Waals surface area contributed by atoms with Crippen molar-refractivity contribution in [2.45, 2.75) is 35.9 Å². The number of carboxylic acid groups (broad SMARTS) is 1. The van der Waals surface area contributed by atoms with Gasteiger partial charge < -0.3 is 20.5 Å². The first-order valence-corrected chi connectivity index (χ1v) is 12.2. The van der Waals surface area contributed by atoms with E-state index in [0.29, 0.717) is 15.8 Å². The fourth-order valence-electron chi connectivity index (χ4n) is 2.71. The lowest BCUT2D eigenvalue weighted by atomic mass is 10.2. The quantitative estimate of drug-likeness (QED) is 0.317. The maximum atomic E-state index is 13.6. The predicted molar refractivity (Wildman–Crippen MR) is 130 cm³/mol. The highest BCUT2D eigenvalue weighted by Crippen LogP contribution is 2.36. The summed E-state index contributed by atoms with van der Waals surface area (Å²) in [5.41, 5.74) is 0.535. The third-order valence-corrected chi connectivity index (χ3v) is 6.35. The Bertz CT molecular complexity index is 1200. The second kappa shape index (κ2) is 12.3. The minimum absolute atomic E-state index is 0.167. The van der Waals surface area contributed by atoms with E-state index in [2.05, 4.69) is 20.6 Å². The molecule has 0 bridgehead atoms. The van der Waals surface area contributed by atoms with Crippen molar-refractivity contribution in [3.05, 3.63) is 54.1 Å². The molecule has 2 amide bonds. The Morgan fingerprint density at radius 1 is 1.17 bits per heavy atom. The highest BCUT2D eigenvalue weighted by Gasteiger charge is 2.19. The van der Waals surface area contributed by atoms with Crippen molar-refractivity contribution >= 4 is 51.7 Å². The molecule has 0 aliphatic carbocycles. The van der Waals surface area contributed by atoms with Crippen molar-refractivity contribution in [2.75, 3.05) is 17.2 Å². The van der Waals surface area contributed by atoms with E-state index in [0.717, 1.165) is 11.3 Å². The number of benzene rings is 1. The first-order chi connectivity index (χ1) is 16.7. The molecule has 0 atom stereocenters. The summed E-state index contributed by atoms with van der Waals surface area (Å²) in [6.07, 6.45) is 0.755. The summed E-state index contributed by atoms with van der Waals surface area (Å²) in [6, 6.07) is 9.04. The van der Waals surface area contributed by atoms with Gasteiger partial charge in [0.25, 0.3) is 0 Å². The number of anilines is 2. The average molecular weight is 519 g/mol. The lowest BCUT2D eigenvalue weighted by molar-refractivity contribution is -0.136. The molecule has 3 N–H and O–H groups in total. The molecule has 0 aliphatic heterocycles. The van der Waals surface area contributed by atoms with Gasteiger partial charge in [0.1, 0.15) is 23.0 Å². The standard InChI is InChI=1S/C23H23FN4O5S2/c1-13(2)12-33-17-9-14(24)6-7-15(17)26-18(29)11-19(30)28-23-27-16(10-21(31)32)22(35-23)34-20-5-3-4-8-25-20/h3-9,13H,10-12H2,1-2H3,(H,26,29)(H,31,32)(H,27,28,30). The average Bonchev–Trinajstić information content (AvgIpc) is 3.13.